The molecule has 3 heteroatoms. The summed E-state index contributed by atoms with van der Waals surface area (Å²) in [4.78, 5) is 0. The minimum absolute atomic E-state index is 0.124. The number of aryl methyl sites for hydroxylation is 2. The minimum atomic E-state index is -0.124. The molecule has 0 aromatic heterocycles. The van der Waals surface area contributed by atoms with Gasteiger partial charge in [-0.25, -0.2) is 0 Å². The quantitative estimate of drug-likeness (QED) is 0.849. The van der Waals surface area contributed by atoms with E-state index in [9.17, 15) is 0 Å². The Labute approximate surface area is 126 Å². The van der Waals surface area contributed by atoms with Crippen molar-refractivity contribution in [2.75, 3.05) is 0 Å². The van der Waals surface area contributed by atoms with Crippen LogP contribution >= 0.6 is 27.5 Å². The Morgan fingerprint density at radius 1 is 1.00 bits per heavy atom. The Morgan fingerprint density at radius 3 is 2.58 bits per heavy atom. The summed E-state index contributed by atoms with van der Waals surface area (Å²) in [6.07, 6.45) is 3.64. The summed E-state index contributed by atoms with van der Waals surface area (Å²) in [5, 5.41) is 0.709. The van der Waals surface area contributed by atoms with Gasteiger partial charge in [0.25, 0.3) is 0 Å². The van der Waals surface area contributed by atoms with Crippen molar-refractivity contribution in [3.05, 3.63) is 68.1 Å². The van der Waals surface area contributed by atoms with Crippen molar-refractivity contribution < 1.29 is 0 Å². The Bertz CT molecular complexity index is 604. The number of hydrogen-bond acceptors (Lipinski definition) is 1. The molecule has 1 aliphatic carbocycles. The van der Waals surface area contributed by atoms with Crippen LogP contribution in [0.1, 0.15) is 34.7 Å². The Balaban J connectivity index is 1.97. The lowest BCUT2D eigenvalue weighted by Gasteiger charge is -2.15. The van der Waals surface area contributed by atoms with E-state index in [0.717, 1.165) is 15.6 Å². The molecule has 0 aliphatic heterocycles. The van der Waals surface area contributed by atoms with E-state index < -0.39 is 0 Å². The number of rotatable bonds is 2. The normalized spacial score (nSPS) is 15.3. The number of hydrogen-bond donors (Lipinski definition) is 1. The second-order valence-corrected chi connectivity index (χ2v) is 6.41. The molecule has 0 saturated heterocycles. The molecule has 1 nitrogen and oxygen atoms in total. The van der Waals surface area contributed by atoms with Crippen molar-refractivity contribution in [2.24, 2.45) is 5.73 Å². The SMILES string of the molecule is NC(c1cc(Cl)cc(Br)c1)c1ccc2c(c1)CCC2. The first-order valence-electron chi connectivity index (χ1n) is 6.47. The van der Waals surface area contributed by atoms with Gasteiger partial charge in [0.15, 0.2) is 0 Å². The number of nitrogens with two attached hydrogens (primary N) is 1. The molecule has 0 saturated carbocycles. The zero-order chi connectivity index (χ0) is 13.4. The van der Waals surface area contributed by atoms with Crippen LogP contribution in [0.4, 0.5) is 0 Å². The van der Waals surface area contributed by atoms with Crippen molar-refractivity contribution in [2.45, 2.75) is 25.3 Å². The fourth-order valence-electron chi connectivity index (χ4n) is 2.73. The maximum atomic E-state index is 6.37. The summed E-state index contributed by atoms with van der Waals surface area (Å²) >= 11 is 9.55. The monoisotopic (exact) mass is 335 g/mol. The highest BCUT2D eigenvalue weighted by Gasteiger charge is 2.15. The van der Waals surface area contributed by atoms with Gasteiger partial charge in [-0.15, -0.1) is 0 Å². The Kier molecular flexibility index (Phi) is 3.66. The molecule has 98 valence electrons. The maximum Gasteiger partial charge on any atom is 0.0552 e. The lowest BCUT2D eigenvalue weighted by Crippen LogP contribution is -2.12. The molecule has 0 amide bonds. The van der Waals surface area contributed by atoms with Gasteiger partial charge in [0.05, 0.1) is 6.04 Å². The van der Waals surface area contributed by atoms with Gasteiger partial charge in [-0.3, -0.25) is 0 Å². The molecule has 0 heterocycles. The predicted molar refractivity (Wildman–Crippen MR) is 83.6 cm³/mol. The van der Waals surface area contributed by atoms with Gasteiger partial charge in [-0.1, -0.05) is 45.7 Å². The highest BCUT2D eigenvalue weighted by molar-refractivity contribution is 9.10. The van der Waals surface area contributed by atoms with Crippen LogP contribution < -0.4 is 5.73 Å². The average Bonchev–Trinajstić information content (AvgIpc) is 2.83. The second kappa shape index (κ2) is 5.28. The third-order valence-corrected chi connectivity index (χ3v) is 4.40. The van der Waals surface area contributed by atoms with Crippen molar-refractivity contribution >= 4 is 27.5 Å². The molecule has 0 fully saturated rings. The molecule has 19 heavy (non-hydrogen) atoms. The molecule has 3 rings (SSSR count). The fraction of sp³-hybridized carbons (Fsp3) is 0.250. The summed E-state index contributed by atoms with van der Waals surface area (Å²) in [6, 6.07) is 12.3. The molecule has 1 atom stereocenters. The second-order valence-electron chi connectivity index (χ2n) is 5.06. The lowest BCUT2D eigenvalue weighted by molar-refractivity contribution is 0.866. The standard InChI is InChI=1S/C16H15BrClN/c17-14-7-13(8-15(18)9-14)16(19)12-5-4-10-2-1-3-11(10)6-12/h4-9,16H,1-3,19H2. The molecule has 2 aromatic rings. The first kappa shape index (κ1) is 13.2. The van der Waals surface area contributed by atoms with Gasteiger partial charge in [0, 0.05) is 9.50 Å². The van der Waals surface area contributed by atoms with E-state index in [-0.39, 0.29) is 6.04 Å². The number of fused-ring (bicyclic) bond motifs is 1. The molecular weight excluding hydrogens is 322 g/mol. The number of benzene rings is 2. The van der Waals surface area contributed by atoms with Crippen LogP contribution in [-0.2, 0) is 12.8 Å². The third-order valence-electron chi connectivity index (χ3n) is 3.73. The molecule has 2 aromatic carbocycles. The van der Waals surface area contributed by atoms with Crippen LogP contribution in [0.5, 0.6) is 0 Å². The molecule has 1 aliphatic rings. The van der Waals surface area contributed by atoms with Crippen molar-refractivity contribution in [1.82, 2.24) is 0 Å². The summed E-state index contributed by atoms with van der Waals surface area (Å²) in [5.74, 6) is 0. The van der Waals surface area contributed by atoms with Gasteiger partial charge in [-0.2, -0.15) is 0 Å². The van der Waals surface area contributed by atoms with Crippen LogP contribution in [0.15, 0.2) is 40.9 Å². The molecule has 0 spiro atoms. The minimum Gasteiger partial charge on any atom is -0.320 e. The van der Waals surface area contributed by atoms with Crippen molar-refractivity contribution in [3.8, 4) is 0 Å². The van der Waals surface area contributed by atoms with Crippen LogP contribution in [0.25, 0.3) is 0 Å². The summed E-state index contributed by atoms with van der Waals surface area (Å²) in [5.41, 5.74) is 11.5. The first-order valence-corrected chi connectivity index (χ1v) is 7.64. The zero-order valence-corrected chi connectivity index (χ0v) is 12.8. The van der Waals surface area contributed by atoms with E-state index in [1.165, 1.54) is 30.4 Å². The van der Waals surface area contributed by atoms with Crippen LogP contribution in [0.2, 0.25) is 5.02 Å². The van der Waals surface area contributed by atoms with Crippen LogP contribution in [-0.4, -0.2) is 0 Å². The van der Waals surface area contributed by atoms with E-state index >= 15 is 0 Å². The fourth-order valence-corrected chi connectivity index (χ4v) is 3.62. The highest BCUT2D eigenvalue weighted by atomic mass is 79.9. The Morgan fingerprint density at radius 2 is 1.79 bits per heavy atom. The lowest BCUT2D eigenvalue weighted by atomic mass is 9.96. The molecular formula is C16H15BrClN. The van der Waals surface area contributed by atoms with Crippen LogP contribution in [0, 0.1) is 0 Å². The van der Waals surface area contributed by atoms with E-state index in [0.29, 0.717) is 5.02 Å². The van der Waals surface area contributed by atoms with Crippen LogP contribution in [0.3, 0.4) is 0 Å². The van der Waals surface area contributed by atoms with E-state index in [1.54, 1.807) is 0 Å². The molecule has 1 unspecified atom stereocenters. The van der Waals surface area contributed by atoms with Gasteiger partial charge in [0.1, 0.15) is 0 Å². The largest absolute Gasteiger partial charge is 0.320 e. The van der Waals surface area contributed by atoms with Gasteiger partial charge in [0.2, 0.25) is 0 Å². The van der Waals surface area contributed by atoms with Crippen molar-refractivity contribution in [1.29, 1.82) is 0 Å². The number of halogens is 2. The van der Waals surface area contributed by atoms with Gasteiger partial charge >= 0.3 is 0 Å². The maximum absolute atomic E-state index is 6.37. The summed E-state index contributed by atoms with van der Waals surface area (Å²) in [6.45, 7) is 0. The highest BCUT2D eigenvalue weighted by Crippen LogP contribution is 2.29. The summed E-state index contributed by atoms with van der Waals surface area (Å²) in [7, 11) is 0. The first-order chi connectivity index (χ1) is 9.13. The predicted octanol–water partition coefficient (Wildman–Crippen LogP) is 4.64. The van der Waals surface area contributed by atoms with Crippen molar-refractivity contribution in [3.63, 3.8) is 0 Å². The topological polar surface area (TPSA) is 26.0 Å². The smallest absolute Gasteiger partial charge is 0.0552 e. The molecule has 0 radical (unpaired) electrons. The Hall–Kier alpha value is -0.830. The molecule has 0 bridgehead atoms. The van der Waals surface area contributed by atoms with E-state index in [4.69, 9.17) is 17.3 Å². The van der Waals surface area contributed by atoms with E-state index in [1.807, 2.05) is 18.2 Å². The third kappa shape index (κ3) is 2.71. The van der Waals surface area contributed by atoms with E-state index in [2.05, 4.69) is 34.1 Å². The van der Waals surface area contributed by atoms with Gasteiger partial charge in [-0.05, 0) is 59.7 Å². The summed E-state index contributed by atoms with van der Waals surface area (Å²) < 4.78 is 0.964. The average molecular weight is 337 g/mol. The molecule has 2 N–H and O–H groups in total. The zero-order valence-electron chi connectivity index (χ0n) is 10.5. The van der Waals surface area contributed by atoms with Gasteiger partial charge < -0.3 is 5.73 Å².